The van der Waals surface area contributed by atoms with E-state index in [1.54, 1.807) is 18.7 Å². The van der Waals surface area contributed by atoms with E-state index in [0.29, 0.717) is 0 Å². The van der Waals surface area contributed by atoms with Gasteiger partial charge in [-0.25, -0.2) is 4.98 Å². The Morgan fingerprint density at radius 2 is 2.00 bits per heavy atom. The third-order valence-corrected chi connectivity index (χ3v) is 1.66. The number of nitrogens with one attached hydrogen (secondary N) is 1. The largest absolute Gasteiger partial charge is 0.351 e. The van der Waals surface area contributed by atoms with Crippen LogP contribution in [0, 0.1) is 0 Å². The first-order valence-corrected chi connectivity index (χ1v) is 4.40. The molecule has 0 aliphatic heterocycles. The highest BCUT2D eigenvalue weighted by molar-refractivity contribution is 5.13. The van der Waals surface area contributed by atoms with Crippen molar-refractivity contribution in [1.29, 1.82) is 0 Å². The van der Waals surface area contributed by atoms with Gasteiger partial charge in [-0.15, -0.1) is 0 Å². The predicted octanol–water partition coefficient (Wildman–Crippen LogP) is 2.66. The number of aromatic nitrogens is 2. The summed E-state index contributed by atoms with van der Waals surface area (Å²) in [6, 6.07) is 10.5. The molecule has 0 atom stereocenters. The first-order chi connectivity index (χ1) is 6.43. The van der Waals surface area contributed by atoms with E-state index in [1.807, 2.05) is 6.07 Å². The molecule has 1 heterocycles. The standard InChI is InChI=1S/C8H10.C3H4N2/c1-2-8-6-4-3-5-7-8;1-2-5-3-4-1/h3-7H,2H2,1H3;1-3H,(H,4,5). The smallest absolute Gasteiger partial charge is 0.0919 e. The molecule has 0 aliphatic carbocycles. The summed E-state index contributed by atoms with van der Waals surface area (Å²) in [5.41, 5.74) is 1.41. The van der Waals surface area contributed by atoms with Crippen LogP contribution in [0.25, 0.3) is 0 Å². The summed E-state index contributed by atoms with van der Waals surface area (Å²) in [7, 11) is 0. The molecule has 0 aliphatic rings. The molecule has 0 radical (unpaired) electrons. The summed E-state index contributed by atoms with van der Waals surface area (Å²) in [5, 5.41) is 0. The van der Waals surface area contributed by atoms with Gasteiger partial charge in [0, 0.05) is 12.4 Å². The Balaban J connectivity index is 0.000000145. The monoisotopic (exact) mass is 174 g/mol. The minimum absolute atomic E-state index is 1.14. The molecule has 0 amide bonds. The second kappa shape index (κ2) is 6.00. The number of imidazole rings is 1. The quantitative estimate of drug-likeness (QED) is 0.707. The van der Waals surface area contributed by atoms with Crippen molar-refractivity contribution < 1.29 is 0 Å². The molecule has 0 fully saturated rings. The molecule has 0 spiro atoms. The average Bonchev–Trinajstić information content (AvgIpc) is 2.77. The zero-order valence-electron chi connectivity index (χ0n) is 7.77. The van der Waals surface area contributed by atoms with Crippen molar-refractivity contribution >= 4 is 0 Å². The third kappa shape index (κ3) is 4.11. The molecule has 0 bridgehead atoms. The van der Waals surface area contributed by atoms with Crippen LogP contribution in [0.1, 0.15) is 12.5 Å². The number of nitrogens with zero attached hydrogens (tertiary/aromatic N) is 1. The van der Waals surface area contributed by atoms with Crippen molar-refractivity contribution in [3.8, 4) is 0 Å². The van der Waals surface area contributed by atoms with E-state index >= 15 is 0 Å². The zero-order valence-corrected chi connectivity index (χ0v) is 7.77. The van der Waals surface area contributed by atoms with E-state index < -0.39 is 0 Å². The highest BCUT2D eigenvalue weighted by atomic mass is 14.8. The fourth-order valence-electron chi connectivity index (χ4n) is 0.929. The Bertz CT molecular complexity index is 270. The summed E-state index contributed by atoms with van der Waals surface area (Å²) in [5.74, 6) is 0. The van der Waals surface area contributed by atoms with Crippen molar-refractivity contribution in [1.82, 2.24) is 9.97 Å². The number of benzene rings is 1. The van der Waals surface area contributed by atoms with Gasteiger partial charge in [0.25, 0.3) is 0 Å². The zero-order chi connectivity index (χ0) is 9.36. The van der Waals surface area contributed by atoms with Gasteiger partial charge in [-0.05, 0) is 12.0 Å². The number of aryl methyl sites for hydroxylation is 1. The van der Waals surface area contributed by atoms with Gasteiger partial charge in [-0.2, -0.15) is 0 Å². The summed E-state index contributed by atoms with van der Waals surface area (Å²) >= 11 is 0. The lowest BCUT2D eigenvalue weighted by Gasteiger charge is -1.89. The van der Waals surface area contributed by atoms with Crippen molar-refractivity contribution in [3.63, 3.8) is 0 Å². The second-order valence-electron chi connectivity index (χ2n) is 2.60. The van der Waals surface area contributed by atoms with Crippen LogP contribution in [-0.4, -0.2) is 9.97 Å². The fraction of sp³-hybridized carbons (Fsp3) is 0.182. The summed E-state index contributed by atoms with van der Waals surface area (Å²) in [6.07, 6.45) is 6.22. The van der Waals surface area contributed by atoms with Crippen molar-refractivity contribution in [2.75, 3.05) is 0 Å². The van der Waals surface area contributed by atoms with E-state index in [0.717, 1.165) is 6.42 Å². The predicted molar refractivity (Wildman–Crippen MR) is 54.4 cm³/mol. The highest BCUT2D eigenvalue weighted by Crippen LogP contribution is 1.96. The van der Waals surface area contributed by atoms with Crippen LogP contribution < -0.4 is 0 Å². The third-order valence-electron chi connectivity index (χ3n) is 1.66. The van der Waals surface area contributed by atoms with Crippen LogP contribution >= 0.6 is 0 Å². The minimum atomic E-state index is 1.14. The van der Waals surface area contributed by atoms with Crippen LogP contribution in [0.3, 0.4) is 0 Å². The van der Waals surface area contributed by atoms with Crippen LogP contribution in [0.4, 0.5) is 0 Å². The molecular formula is C11H14N2. The number of rotatable bonds is 1. The molecule has 13 heavy (non-hydrogen) atoms. The number of hydrogen-bond acceptors (Lipinski definition) is 1. The molecule has 2 rings (SSSR count). The van der Waals surface area contributed by atoms with E-state index in [4.69, 9.17) is 0 Å². The SMILES string of the molecule is CCc1ccccc1.c1c[nH]cn1. The van der Waals surface area contributed by atoms with Crippen LogP contribution in [-0.2, 0) is 6.42 Å². The van der Waals surface area contributed by atoms with Crippen LogP contribution in [0.15, 0.2) is 49.1 Å². The molecule has 0 saturated carbocycles. The van der Waals surface area contributed by atoms with E-state index in [9.17, 15) is 0 Å². The van der Waals surface area contributed by atoms with Gasteiger partial charge in [0.1, 0.15) is 0 Å². The van der Waals surface area contributed by atoms with Crippen LogP contribution in [0.2, 0.25) is 0 Å². The highest BCUT2D eigenvalue weighted by Gasteiger charge is 1.79. The molecular weight excluding hydrogens is 160 g/mol. The number of aromatic amines is 1. The van der Waals surface area contributed by atoms with Gasteiger partial charge in [0.2, 0.25) is 0 Å². The first-order valence-electron chi connectivity index (χ1n) is 4.40. The molecule has 0 unspecified atom stereocenters. The molecule has 2 heteroatoms. The van der Waals surface area contributed by atoms with Gasteiger partial charge in [0.15, 0.2) is 0 Å². The van der Waals surface area contributed by atoms with Gasteiger partial charge in [-0.1, -0.05) is 37.3 Å². The molecule has 1 aromatic heterocycles. The van der Waals surface area contributed by atoms with E-state index in [2.05, 4.69) is 41.2 Å². The van der Waals surface area contributed by atoms with Crippen molar-refractivity contribution in [3.05, 3.63) is 54.6 Å². The molecule has 1 aromatic carbocycles. The second-order valence-corrected chi connectivity index (χ2v) is 2.60. The van der Waals surface area contributed by atoms with Gasteiger partial charge >= 0.3 is 0 Å². The van der Waals surface area contributed by atoms with E-state index in [-0.39, 0.29) is 0 Å². The summed E-state index contributed by atoms with van der Waals surface area (Å²) < 4.78 is 0. The topological polar surface area (TPSA) is 28.7 Å². The molecule has 2 nitrogen and oxygen atoms in total. The Hall–Kier alpha value is -1.57. The first kappa shape index (κ1) is 9.52. The fourth-order valence-corrected chi connectivity index (χ4v) is 0.929. The lowest BCUT2D eigenvalue weighted by Crippen LogP contribution is -1.73. The number of hydrogen-bond donors (Lipinski definition) is 1. The lowest BCUT2D eigenvalue weighted by atomic mass is 10.2. The molecule has 68 valence electrons. The maximum absolute atomic E-state index is 3.67. The summed E-state index contributed by atoms with van der Waals surface area (Å²) in [4.78, 5) is 6.42. The lowest BCUT2D eigenvalue weighted by molar-refractivity contribution is 1.14. The molecule has 2 aromatic rings. The maximum Gasteiger partial charge on any atom is 0.0919 e. The average molecular weight is 174 g/mol. The van der Waals surface area contributed by atoms with Crippen molar-refractivity contribution in [2.45, 2.75) is 13.3 Å². The Kier molecular flexibility index (Phi) is 4.39. The maximum atomic E-state index is 3.67. The molecule has 0 saturated heterocycles. The Labute approximate surface area is 78.7 Å². The Morgan fingerprint density at radius 1 is 1.23 bits per heavy atom. The summed E-state index contributed by atoms with van der Waals surface area (Å²) in [6.45, 7) is 2.16. The van der Waals surface area contributed by atoms with Gasteiger partial charge < -0.3 is 4.98 Å². The normalized spacial score (nSPS) is 8.69. The number of H-pyrrole nitrogens is 1. The van der Waals surface area contributed by atoms with Crippen molar-refractivity contribution in [2.24, 2.45) is 0 Å². The van der Waals surface area contributed by atoms with Gasteiger partial charge in [-0.3, -0.25) is 0 Å². The minimum Gasteiger partial charge on any atom is -0.351 e. The van der Waals surface area contributed by atoms with Crippen LogP contribution in [0.5, 0.6) is 0 Å². The Morgan fingerprint density at radius 3 is 2.31 bits per heavy atom. The van der Waals surface area contributed by atoms with E-state index in [1.165, 1.54) is 5.56 Å². The molecule has 1 N–H and O–H groups in total. The van der Waals surface area contributed by atoms with Gasteiger partial charge in [0.05, 0.1) is 6.33 Å².